The van der Waals surface area contributed by atoms with Gasteiger partial charge in [0.25, 0.3) is 5.56 Å². The van der Waals surface area contributed by atoms with Crippen LogP contribution in [0.25, 0.3) is 15.9 Å². The molecular formula is C22H24N4O4S2. The lowest BCUT2D eigenvalue weighted by Gasteiger charge is -2.16. The topological polar surface area (TPSA) is 116 Å². The molecule has 1 aliphatic carbocycles. The van der Waals surface area contributed by atoms with E-state index >= 15 is 0 Å². The number of aryl methyl sites for hydroxylation is 2. The number of nitrogens with one attached hydrogen (secondary N) is 1. The van der Waals surface area contributed by atoms with Crippen molar-refractivity contribution in [1.29, 1.82) is 0 Å². The SMILES string of the molecule is CCOc1ccc(-n2c(SC(C)C(=O)NC(N)=O)nc3sc4c(c3c2=O)CCCC4)cc1. The molecule has 32 heavy (non-hydrogen) atoms. The fraction of sp³-hybridized carbons (Fsp3) is 0.364. The molecule has 3 aromatic rings. The summed E-state index contributed by atoms with van der Waals surface area (Å²) in [7, 11) is 0. The Labute approximate surface area is 193 Å². The zero-order valence-electron chi connectivity index (χ0n) is 17.8. The Kier molecular flexibility index (Phi) is 6.52. The number of ether oxygens (including phenoxy) is 1. The zero-order chi connectivity index (χ0) is 22.8. The van der Waals surface area contributed by atoms with E-state index in [-0.39, 0.29) is 5.56 Å². The molecule has 168 valence electrons. The van der Waals surface area contributed by atoms with Crippen LogP contribution in [0, 0.1) is 0 Å². The molecule has 2 aromatic heterocycles. The number of nitrogens with zero attached hydrogens (tertiary/aromatic N) is 2. The molecule has 0 fully saturated rings. The summed E-state index contributed by atoms with van der Waals surface area (Å²) >= 11 is 2.67. The van der Waals surface area contributed by atoms with Gasteiger partial charge in [-0.1, -0.05) is 11.8 Å². The van der Waals surface area contributed by atoms with E-state index in [4.69, 9.17) is 15.5 Å². The van der Waals surface area contributed by atoms with Crippen LogP contribution in [0.4, 0.5) is 4.79 Å². The van der Waals surface area contributed by atoms with Crippen molar-refractivity contribution in [1.82, 2.24) is 14.9 Å². The minimum Gasteiger partial charge on any atom is -0.494 e. The molecule has 0 aliphatic heterocycles. The fourth-order valence-corrected chi connectivity index (χ4v) is 6.02. The largest absolute Gasteiger partial charge is 0.494 e. The Balaban J connectivity index is 1.85. The molecule has 1 aliphatic rings. The minimum absolute atomic E-state index is 0.149. The first-order chi connectivity index (χ1) is 15.4. The van der Waals surface area contributed by atoms with Crippen molar-refractivity contribution in [3.8, 4) is 11.4 Å². The number of aromatic nitrogens is 2. The van der Waals surface area contributed by atoms with Crippen molar-refractivity contribution < 1.29 is 14.3 Å². The third-order valence-corrected chi connectivity index (χ3v) is 7.50. The van der Waals surface area contributed by atoms with Crippen molar-refractivity contribution in [2.24, 2.45) is 5.73 Å². The molecule has 0 radical (unpaired) electrons. The number of primary amides is 1. The van der Waals surface area contributed by atoms with Gasteiger partial charge in [-0.25, -0.2) is 9.78 Å². The number of benzene rings is 1. The summed E-state index contributed by atoms with van der Waals surface area (Å²) in [4.78, 5) is 43.8. The van der Waals surface area contributed by atoms with Crippen LogP contribution in [0.1, 0.15) is 37.1 Å². The average molecular weight is 473 g/mol. The first-order valence-corrected chi connectivity index (χ1v) is 12.2. The van der Waals surface area contributed by atoms with Crippen LogP contribution in [0.2, 0.25) is 0 Å². The molecule has 3 N–H and O–H groups in total. The van der Waals surface area contributed by atoms with E-state index in [0.29, 0.717) is 33.4 Å². The quantitative estimate of drug-likeness (QED) is 0.420. The van der Waals surface area contributed by atoms with E-state index in [2.05, 4.69) is 5.32 Å². The molecule has 0 bridgehead atoms. The van der Waals surface area contributed by atoms with E-state index in [1.165, 1.54) is 4.88 Å². The van der Waals surface area contributed by atoms with Gasteiger partial charge in [0.2, 0.25) is 5.91 Å². The van der Waals surface area contributed by atoms with Gasteiger partial charge in [-0.3, -0.25) is 19.5 Å². The third-order valence-electron chi connectivity index (χ3n) is 5.26. The van der Waals surface area contributed by atoms with Crippen molar-refractivity contribution in [3.63, 3.8) is 0 Å². The highest BCUT2D eigenvalue weighted by Gasteiger charge is 2.25. The van der Waals surface area contributed by atoms with Crippen LogP contribution in [0.3, 0.4) is 0 Å². The van der Waals surface area contributed by atoms with Crippen LogP contribution in [0.15, 0.2) is 34.2 Å². The molecule has 3 amide bonds. The number of rotatable bonds is 6. The maximum atomic E-state index is 13.7. The average Bonchev–Trinajstić information content (AvgIpc) is 3.13. The number of fused-ring (bicyclic) bond motifs is 3. The molecule has 4 rings (SSSR count). The lowest BCUT2D eigenvalue weighted by Crippen LogP contribution is -2.39. The highest BCUT2D eigenvalue weighted by atomic mass is 32.2. The Morgan fingerprint density at radius 3 is 2.69 bits per heavy atom. The number of thiophene rings is 1. The van der Waals surface area contributed by atoms with Gasteiger partial charge in [0.1, 0.15) is 10.6 Å². The maximum absolute atomic E-state index is 13.7. The van der Waals surface area contributed by atoms with Gasteiger partial charge in [0.15, 0.2) is 5.16 Å². The van der Waals surface area contributed by atoms with Crippen LogP contribution >= 0.6 is 23.1 Å². The van der Waals surface area contributed by atoms with Crippen molar-refractivity contribution in [2.45, 2.75) is 49.9 Å². The second-order valence-electron chi connectivity index (χ2n) is 7.47. The van der Waals surface area contributed by atoms with Gasteiger partial charge in [-0.05, 0) is 69.4 Å². The predicted molar refractivity (Wildman–Crippen MR) is 126 cm³/mol. The Morgan fingerprint density at radius 1 is 1.28 bits per heavy atom. The zero-order valence-corrected chi connectivity index (χ0v) is 19.5. The molecule has 1 aromatic carbocycles. The molecule has 8 nitrogen and oxygen atoms in total. The van der Waals surface area contributed by atoms with Gasteiger partial charge in [-0.2, -0.15) is 0 Å². The molecule has 0 saturated carbocycles. The number of carbonyl (C=O) groups excluding carboxylic acids is 2. The summed E-state index contributed by atoms with van der Waals surface area (Å²) in [5.74, 6) is 0.162. The predicted octanol–water partition coefficient (Wildman–Crippen LogP) is 3.40. The van der Waals surface area contributed by atoms with E-state index < -0.39 is 17.2 Å². The van der Waals surface area contributed by atoms with Gasteiger partial charge in [-0.15, -0.1) is 11.3 Å². The second kappa shape index (κ2) is 9.33. The Morgan fingerprint density at radius 2 is 2.00 bits per heavy atom. The van der Waals surface area contributed by atoms with Crippen LogP contribution in [-0.4, -0.2) is 33.3 Å². The van der Waals surface area contributed by atoms with Crippen molar-refractivity contribution in [3.05, 3.63) is 45.1 Å². The van der Waals surface area contributed by atoms with E-state index in [1.807, 2.05) is 6.92 Å². The highest BCUT2D eigenvalue weighted by Crippen LogP contribution is 2.36. The number of nitrogens with two attached hydrogens (primary N) is 1. The maximum Gasteiger partial charge on any atom is 0.318 e. The molecule has 10 heteroatoms. The summed E-state index contributed by atoms with van der Waals surface area (Å²) in [5.41, 5.74) is 6.66. The summed E-state index contributed by atoms with van der Waals surface area (Å²) in [6.45, 7) is 4.09. The van der Waals surface area contributed by atoms with Crippen LogP contribution in [-0.2, 0) is 17.6 Å². The van der Waals surface area contributed by atoms with Gasteiger partial charge >= 0.3 is 6.03 Å². The fourth-order valence-electron chi connectivity index (χ4n) is 3.79. The highest BCUT2D eigenvalue weighted by molar-refractivity contribution is 8.00. The molecular weight excluding hydrogens is 448 g/mol. The number of carbonyl (C=O) groups is 2. The third kappa shape index (κ3) is 4.37. The number of hydrogen-bond acceptors (Lipinski definition) is 7. The number of imide groups is 1. The summed E-state index contributed by atoms with van der Waals surface area (Å²) in [5, 5.41) is 2.45. The summed E-state index contributed by atoms with van der Waals surface area (Å²) < 4.78 is 7.06. The number of amides is 3. The van der Waals surface area contributed by atoms with E-state index in [0.717, 1.165) is 43.0 Å². The summed E-state index contributed by atoms with van der Waals surface area (Å²) in [6.07, 6.45) is 4.00. The molecule has 1 unspecified atom stereocenters. The molecule has 1 atom stereocenters. The summed E-state index contributed by atoms with van der Waals surface area (Å²) in [6, 6.07) is 6.29. The smallest absolute Gasteiger partial charge is 0.318 e. The first kappa shape index (κ1) is 22.3. The lowest BCUT2D eigenvalue weighted by molar-refractivity contribution is -0.119. The van der Waals surface area contributed by atoms with Crippen LogP contribution < -0.4 is 21.3 Å². The minimum atomic E-state index is -0.916. The Bertz CT molecular complexity index is 1230. The normalized spacial score (nSPS) is 14.1. The standard InChI is InChI=1S/C22H24N4O4S2/c1-3-30-14-10-8-13(9-11-14)26-20(28)17-15-6-4-5-7-16(15)32-19(17)25-22(26)31-12(2)18(27)24-21(23)29/h8-12H,3-7H2,1-2H3,(H3,23,24,27,29). The lowest BCUT2D eigenvalue weighted by atomic mass is 9.97. The second-order valence-corrected chi connectivity index (χ2v) is 9.86. The number of urea groups is 1. The van der Waals surface area contributed by atoms with Gasteiger partial charge < -0.3 is 10.5 Å². The van der Waals surface area contributed by atoms with E-state index in [1.54, 1.807) is 47.1 Å². The molecule has 0 saturated heterocycles. The Hall–Kier alpha value is -2.85. The molecule has 2 heterocycles. The molecule has 0 spiro atoms. The van der Waals surface area contributed by atoms with Crippen molar-refractivity contribution in [2.75, 3.05) is 6.61 Å². The first-order valence-electron chi connectivity index (χ1n) is 10.5. The van der Waals surface area contributed by atoms with Gasteiger partial charge in [0.05, 0.1) is 22.9 Å². The van der Waals surface area contributed by atoms with E-state index in [9.17, 15) is 14.4 Å². The van der Waals surface area contributed by atoms with Gasteiger partial charge in [0, 0.05) is 4.88 Å². The van der Waals surface area contributed by atoms with Crippen LogP contribution in [0.5, 0.6) is 5.75 Å². The monoisotopic (exact) mass is 472 g/mol. The number of hydrogen-bond donors (Lipinski definition) is 2. The number of thioether (sulfide) groups is 1. The van der Waals surface area contributed by atoms with Crippen molar-refractivity contribution >= 4 is 45.3 Å².